The molecule has 1 aliphatic rings. The van der Waals surface area contributed by atoms with Crippen LogP contribution in [0, 0.1) is 5.82 Å². The summed E-state index contributed by atoms with van der Waals surface area (Å²) in [6.45, 7) is 1.69. The quantitative estimate of drug-likeness (QED) is 0.640. The molecule has 148 valence electrons. The van der Waals surface area contributed by atoms with Gasteiger partial charge in [-0.2, -0.15) is 5.10 Å². The van der Waals surface area contributed by atoms with E-state index < -0.39 is 23.2 Å². The first-order chi connectivity index (χ1) is 13.8. The Morgan fingerprint density at radius 1 is 1.34 bits per heavy atom. The molecule has 2 N–H and O–H groups in total. The molecular formula is C20H16ClFN4O3. The minimum Gasteiger partial charge on any atom is -0.466 e. The monoisotopic (exact) mass is 414 g/mol. The molecule has 1 aromatic heterocycles. The Morgan fingerprint density at radius 3 is 2.93 bits per heavy atom. The van der Waals surface area contributed by atoms with Crippen LogP contribution in [-0.4, -0.2) is 27.2 Å². The Balaban J connectivity index is 1.48. The topological polar surface area (TPSA) is 85.2 Å². The summed E-state index contributed by atoms with van der Waals surface area (Å²) < 4.78 is 20.4. The highest BCUT2D eigenvalue weighted by molar-refractivity contribution is 6.31. The van der Waals surface area contributed by atoms with Gasteiger partial charge in [0.2, 0.25) is 0 Å². The summed E-state index contributed by atoms with van der Waals surface area (Å²) in [5.74, 6) is -1.22. The molecule has 7 nitrogen and oxygen atoms in total. The number of para-hydroxylation sites is 2. The number of hydrogen-bond acceptors (Lipinski definition) is 4. The number of nitrogens with one attached hydrogen (secondary N) is 2. The highest BCUT2D eigenvalue weighted by atomic mass is 35.5. The van der Waals surface area contributed by atoms with E-state index in [0.29, 0.717) is 22.7 Å². The maximum Gasteiger partial charge on any atom is 0.278 e. The van der Waals surface area contributed by atoms with E-state index in [2.05, 4.69) is 15.7 Å². The molecule has 1 aliphatic heterocycles. The largest absolute Gasteiger partial charge is 0.466 e. The van der Waals surface area contributed by atoms with Gasteiger partial charge in [-0.25, -0.2) is 4.39 Å². The molecule has 0 aliphatic carbocycles. The highest BCUT2D eigenvalue weighted by Gasteiger charge is 2.47. The number of halogens is 2. The molecule has 9 heteroatoms. The first-order valence-corrected chi connectivity index (χ1v) is 9.10. The summed E-state index contributed by atoms with van der Waals surface area (Å²) in [6.07, 6.45) is 3.02. The molecule has 29 heavy (non-hydrogen) atoms. The molecule has 2 amide bonds. The summed E-state index contributed by atoms with van der Waals surface area (Å²) >= 11 is 6.04. The second kappa shape index (κ2) is 7.21. The predicted octanol–water partition coefficient (Wildman–Crippen LogP) is 3.45. The van der Waals surface area contributed by atoms with Crippen molar-refractivity contribution in [2.24, 2.45) is 0 Å². The van der Waals surface area contributed by atoms with Crippen molar-refractivity contribution in [1.29, 1.82) is 0 Å². The molecule has 0 spiro atoms. The number of benzene rings is 2. The van der Waals surface area contributed by atoms with Gasteiger partial charge < -0.3 is 15.4 Å². The molecule has 0 radical (unpaired) electrons. The normalized spacial score (nSPS) is 17.8. The number of carbonyl (C=O) groups excluding carboxylic acids is 2. The number of fused-ring (bicyclic) bond motifs is 1. The van der Waals surface area contributed by atoms with E-state index in [9.17, 15) is 14.0 Å². The lowest BCUT2D eigenvalue weighted by Crippen LogP contribution is -2.56. The second-order valence-electron chi connectivity index (χ2n) is 6.70. The van der Waals surface area contributed by atoms with Gasteiger partial charge in [0.05, 0.1) is 24.1 Å². The number of anilines is 2. The molecule has 3 aromatic rings. The van der Waals surface area contributed by atoms with Crippen LogP contribution in [0.2, 0.25) is 5.02 Å². The molecule has 0 saturated heterocycles. The third-order valence-corrected chi connectivity index (χ3v) is 4.91. The smallest absolute Gasteiger partial charge is 0.278 e. The van der Waals surface area contributed by atoms with E-state index in [1.807, 2.05) is 0 Å². The Morgan fingerprint density at radius 2 is 2.14 bits per heavy atom. The van der Waals surface area contributed by atoms with Crippen molar-refractivity contribution in [3.63, 3.8) is 0 Å². The van der Waals surface area contributed by atoms with E-state index in [-0.39, 0.29) is 11.6 Å². The fourth-order valence-corrected chi connectivity index (χ4v) is 3.13. The van der Waals surface area contributed by atoms with Crippen molar-refractivity contribution in [2.75, 3.05) is 10.6 Å². The van der Waals surface area contributed by atoms with Crippen LogP contribution in [0.5, 0.6) is 5.75 Å². The van der Waals surface area contributed by atoms with Gasteiger partial charge in [0.25, 0.3) is 17.4 Å². The van der Waals surface area contributed by atoms with Gasteiger partial charge in [0.15, 0.2) is 0 Å². The van der Waals surface area contributed by atoms with Crippen LogP contribution in [0.1, 0.15) is 12.5 Å². The highest BCUT2D eigenvalue weighted by Crippen LogP contribution is 2.33. The zero-order valence-electron chi connectivity index (χ0n) is 15.3. The number of amides is 2. The predicted molar refractivity (Wildman–Crippen MR) is 105 cm³/mol. The van der Waals surface area contributed by atoms with E-state index in [0.717, 1.165) is 0 Å². The van der Waals surface area contributed by atoms with E-state index >= 15 is 0 Å². The van der Waals surface area contributed by atoms with Gasteiger partial charge in [-0.1, -0.05) is 29.8 Å². The fourth-order valence-electron chi connectivity index (χ4n) is 2.91. The molecule has 0 bridgehead atoms. The number of hydrogen-bond donors (Lipinski definition) is 2. The van der Waals surface area contributed by atoms with Crippen LogP contribution in [0.4, 0.5) is 15.8 Å². The van der Waals surface area contributed by atoms with Crippen molar-refractivity contribution < 1.29 is 18.7 Å². The average molecular weight is 415 g/mol. The van der Waals surface area contributed by atoms with Crippen molar-refractivity contribution in [3.05, 3.63) is 71.3 Å². The molecule has 0 saturated carbocycles. The van der Waals surface area contributed by atoms with Crippen LogP contribution in [0.25, 0.3) is 0 Å². The van der Waals surface area contributed by atoms with Crippen LogP contribution in [0.15, 0.2) is 54.9 Å². The summed E-state index contributed by atoms with van der Waals surface area (Å²) in [7, 11) is 0. The Kier molecular flexibility index (Phi) is 4.71. The standard InChI is InChI=1S/C20H16ClFN4O3/c1-20(19(28)25-16-4-2-3-5-17(16)29-20)18(27)24-14-9-23-26(11-14)10-12-6-7-13(22)8-15(12)21/h2-9,11H,10H2,1H3,(H,24,27)(H,25,28). The van der Waals surface area contributed by atoms with Gasteiger partial charge >= 0.3 is 0 Å². The van der Waals surface area contributed by atoms with Gasteiger partial charge in [0, 0.05) is 11.2 Å². The van der Waals surface area contributed by atoms with Crippen molar-refractivity contribution in [2.45, 2.75) is 19.1 Å². The van der Waals surface area contributed by atoms with Crippen molar-refractivity contribution in [3.8, 4) is 5.75 Å². The number of ether oxygens (including phenoxy) is 1. The Bertz CT molecular complexity index is 1120. The lowest BCUT2D eigenvalue weighted by Gasteiger charge is -2.33. The zero-order valence-corrected chi connectivity index (χ0v) is 16.0. The summed E-state index contributed by atoms with van der Waals surface area (Å²) in [4.78, 5) is 25.2. The SMILES string of the molecule is CC1(C(=O)Nc2cnn(Cc3ccc(F)cc3Cl)c2)Oc2ccccc2NC1=O. The number of aromatic nitrogens is 2. The maximum atomic E-state index is 13.2. The minimum absolute atomic E-state index is 0.282. The minimum atomic E-state index is -1.74. The Labute approximate surface area is 170 Å². The third-order valence-electron chi connectivity index (χ3n) is 4.55. The lowest BCUT2D eigenvalue weighted by molar-refractivity contribution is -0.143. The van der Waals surface area contributed by atoms with E-state index in [4.69, 9.17) is 16.3 Å². The average Bonchev–Trinajstić information content (AvgIpc) is 3.12. The summed E-state index contributed by atoms with van der Waals surface area (Å²) in [5.41, 5.74) is -0.180. The first-order valence-electron chi connectivity index (χ1n) is 8.72. The molecule has 1 atom stereocenters. The molecule has 4 rings (SSSR count). The van der Waals surface area contributed by atoms with Crippen LogP contribution >= 0.6 is 11.6 Å². The number of carbonyl (C=O) groups is 2. The number of rotatable bonds is 4. The van der Waals surface area contributed by atoms with Crippen LogP contribution < -0.4 is 15.4 Å². The molecule has 0 fully saturated rings. The summed E-state index contributed by atoms with van der Waals surface area (Å²) in [6, 6.07) is 11.0. The maximum absolute atomic E-state index is 13.2. The number of nitrogens with zero attached hydrogens (tertiary/aromatic N) is 2. The molecular weight excluding hydrogens is 399 g/mol. The summed E-state index contributed by atoms with van der Waals surface area (Å²) in [5, 5.41) is 9.76. The Hall–Kier alpha value is -3.39. The van der Waals surface area contributed by atoms with E-state index in [1.54, 1.807) is 36.5 Å². The van der Waals surface area contributed by atoms with Gasteiger partial charge in [-0.05, 0) is 36.8 Å². The van der Waals surface area contributed by atoms with E-state index in [1.165, 1.54) is 29.9 Å². The van der Waals surface area contributed by atoms with Gasteiger partial charge in [-0.15, -0.1) is 0 Å². The van der Waals surface area contributed by atoms with Crippen molar-refractivity contribution in [1.82, 2.24) is 9.78 Å². The third kappa shape index (κ3) is 3.66. The zero-order chi connectivity index (χ0) is 20.6. The van der Waals surface area contributed by atoms with Crippen molar-refractivity contribution >= 4 is 34.8 Å². The van der Waals surface area contributed by atoms with Gasteiger partial charge in [-0.3, -0.25) is 14.3 Å². The lowest BCUT2D eigenvalue weighted by atomic mass is 10.0. The first kappa shape index (κ1) is 18.9. The second-order valence-corrected chi connectivity index (χ2v) is 7.11. The van der Waals surface area contributed by atoms with Gasteiger partial charge in [0.1, 0.15) is 11.6 Å². The molecule has 1 unspecified atom stereocenters. The molecule has 2 heterocycles. The van der Waals surface area contributed by atoms with Crippen LogP contribution in [0.3, 0.4) is 0 Å². The van der Waals surface area contributed by atoms with Crippen LogP contribution in [-0.2, 0) is 16.1 Å². The fraction of sp³-hybridized carbons (Fsp3) is 0.150. The molecule has 2 aromatic carbocycles.